The third-order valence-corrected chi connectivity index (χ3v) is 2.85. The Labute approximate surface area is 91.7 Å². The minimum atomic E-state index is -3.47. The molecular formula is C8H21N3O3S. The molecule has 0 aliphatic heterocycles. The molecule has 0 amide bonds. The van der Waals surface area contributed by atoms with E-state index in [1.807, 2.05) is 13.8 Å². The quantitative estimate of drug-likeness (QED) is 0.508. The Hall–Kier alpha value is -0.210. The van der Waals surface area contributed by atoms with E-state index in [4.69, 9.17) is 10.5 Å². The van der Waals surface area contributed by atoms with Crippen molar-refractivity contribution in [2.24, 2.45) is 11.7 Å². The number of hydrogen-bond donors (Lipinski definition) is 3. The van der Waals surface area contributed by atoms with Crippen LogP contribution in [0.25, 0.3) is 0 Å². The van der Waals surface area contributed by atoms with E-state index in [0.717, 1.165) is 0 Å². The molecule has 7 heteroatoms. The molecule has 0 aliphatic carbocycles. The second kappa shape index (κ2) is 7.13. The average Bonchev–Trinajstić information content (AvgIpc) is 2.14. The Morgan fingerprint density at radius 2 is 2.00 bits per heavy atom. The topological polar surface area (TPSA) is 93.4 Å². The summed E-state index contributed by atoms with van der Waals surface area (Å²) in [6.45, 7) is 4.73. The zero-order valence-electron chi connectivity index (χ0n) is 9.49. The molecule has 0 saturated carbocycles. The molecule has 0 fully saturated rings. The summed E-state index contributed by atoms with van der Waals surface area (Å²) >= 11 is 0. The molecule has 15 heavy (non-hydrogen) atoms. The fraction of sp³-hybridized carbons (Fsp3) is 1.00. The maximum Gasteiger partial charge on any atom is 0.277 e. The van der Waals surface area contributed by atoms with Crippen LogP contribution < -0.4 is 15.2 Å². The Bertz CT molecular complexity index is 254. The normalized spacial score (nSPS) is 14.5. The van der Waals surface area contributed by atoms with Gasteiger partial charge in [0.2, 0.25) is 0 Å². The molecule has 0 bridgehead atoms. The highest BCUT2D eigenvalue weighted by molar-refractivity contribution is 7.87. The van der Waals surface area contributed by atoms with Crippen LogP contribution in [0, 0.1) is 5.92 Å². The van der Waals surface area contributed by atoms with Crippen molar-refractivity contribution in [3.8, 4) is 0 Å². The standard InChI is InChI=1S/C8H21N3O3S/c1-7(2)5-10-15(12,13)11-8(4-9)6-14-3/h7-8,10-11H,4-6,9H2,1-3H3. The van der Waals surface area contributed by atoms with Gasteiger partial charge >= 0.3 is 0 Å². The van der Waals surface area contributed by atoms with Crippen LogP contribution in [0.15, 0.2) is 0 Å². The minimum Gasteiger partial charge on any atom is -0.383 e. The third kappa shape index (κ3) is 7.69. The number of nitrogens with one attached hydrogen (secondary N) is 2. The molecule has 1 atom stereocenters. The fourth-order valence-corrected chi connectivity index (χ4v) is 2.13. The number of rotatable bonds is 8. The largest absolute Gasteiger partial charge is 0.383 e. The van der Waals surface area contributed by atoms with Gasteiger partial charge in [0.05, 0.1) is 12.6 Å². The predicted octanol–water partition coefficient (Wildman–Crippen LogP) is -0.960. The second-order valence-electron chi connectivity index (χ2n) is 3.75. The van der Waals surface area contributed by atoms with Crippen molar-refractivity contribution in [2.45, 2.75) is 19.9 Å². The second-order valence-corrected chi connectivity index (χ2v) is 5.28. The summed E-state index contributed by atoms with van der Waals surface area (Å²) in [4.78, 5) is 0. The van der Waals surface area contributed by atoms with Gasteiger partial charge in [-0.2, -0.15) is 13.1 Å². The highest BCUT2D eigenvalue weighted by Gasteiger charge is 2.16. The molecule has 92 valence electrons. The van der Waals surface area contributed by atoms with Gasteiger partial charge in [0, 0.05) is 20.2 Å². The highest BCUT2D eigenvalue weighted by atomic mass is 32.2. The van der Waals surface area contributed by atoms with Crippen LogP contribution in [0.3, 0.4) is 0 Å². The van der Waals surface area contributed by atoms with E-state index < -0.39 is 10.2 Å². The van der Waals surface area contributed by atoms with Crippen molar-refractivity contribution >= 4 is 10.2 Å². The van der Waals surface area contributed by atoms with Gasteiger partial charge in [0.15, 0.2) is 0 Å². The van der Waals surface area contributed by atoms with E-state index in [2.05, 4.69) is 9.44 Å². The lowest BCUT2D eigenvalue weighted by Gasteiger charge is -2.16. The van der Waals surface area contributed by atoms with Crippen molar-refractivity contribution < 1.29 is 13.2 Å². The van der Waals surface area contributed by atoms with Crippen molar-refractivity contribution in [1.82, 2.24) is 9.44 Å². The van der Waals surface area contributed by atoms with Gasteiger partial charge in [-0.15, -0.1) is 0 Å². The molecule has 0 aromatic rings. The van der Waals surface area contributed by atoms with Crippen LogP contribution in [0.4, 0.5) is 0 Å². The summed E-state index contributed by atoms with van der Waals surface area (Å²) < 4.78 is 32.6. The monoisotopic (exact) mass is 239 g/mol. The fourth-order valence-electron chi connectivity index (χ4n) is 0.889. The van der Waals surface area contributed by atoms with Crippen molar-refractivity contribution in [3.05, 3.63) is 0 Å². The Morgan fingerprint density at radius 3 is 2.40 bits per heavy atom. The van der Waals surface area contributed by atoms with Gasteiger partial charge in [-0.1, -0.05) is 13.8 Å². The molecule has 0 spiro atoms. The van der Waals surface area contributed by atoms with E-state index in [1.165, 1.54) is 7.11 Å². The lowest BCUT2D eigenvalue weighted by atomic mass is 10.2. The molecule has 0 aromatic heterocycles. The molecule has 1 unspecified atom stereocenters. The molecule has 0 rings (SSSR count). The van der Waals surface area contributed by atoms with Crippen LogP contribution in [0.1, 0.15) is 13.8 Å². The molecular weight excluding hydrogens is 218 g/mol. The first-order valence-electron chi connectivity index (χ1n) is 4.87. The van der Waals surface area contributed by atoms with Crippen molar-refractivity contribution in [1.29, 1.82) is 0 Å². The summed E-state index contributed by atoms with van der Waals surface area (Å²) in [7, 11) is -1.97. The molecule has 6 nitrogen and oxygen atoms in total. The van der Waals surface area contributed by atoms with Gasteiger partial charge in [0.1, 0.15) is 0 Å². The summed E-state index contributed by atoms with van der Waals surface area (Å²) in [5, 5.41) is 0. The van der Waals surface area contributed by atoms with Gasteiger partial charge < -0.3 is 10.5 Å². The maximum atomic E-state index is 11.4. The molecule has 0 heterocycles. The van der Waals surface area contributed by atoms with Crippen LogP contribution in [0.5, 0.6) is 0 Å². The predicted molar refractivity (Wildman–Crippen MR) is 59.6 cm³/mol. The van der Waals surface area contributed by atoms with Crippen molar-refractivity contribution in [2.75, 3.05) is 26.8 Å². The number of nitrogens with two attached hydrogens (primary N) is 1. The summed E-state index contributed by atoms with van der Waals surface area (Å²) in [5.74, 6) is 0.264. The number of methoxy groups -OCH3 is 1. The number of hydrogen-bond acceptors (Lipinski definition) is 4. The van der Waals surface area contributed by atoms with Crippen LogP contribution in [0.2, 0.25) is 0 Å². The van der Waals surface area contributed by atoms with E-state index in [1.54, 1.807) is 0 Å². The average molecular weight is 239 g/mol. The highest BCUT2D eigenvalue weighted by Crippen LogP contribution is 1.91. The smallest absolute Gasteiger partial charge is 0.277 e. The van der Waals surface area contributed by atoms with Gasteiger partial charge in [-0.3, -0.25) is 0 Å². The van der Waals surface area contributed by atoms with Crippen LogP contribution >= 0.6 is 0 Å². The Morgan fingerprint density at radius 1 is 1.40 bits per heavy atom. The van der Waals surface area contributed by atoms with E-state index >= 15 is 0 Å². The first-order chi connectivity index (χ1) is 6.91. The minimum absolute atomic E-state index is 0.205. The van der Waals surface area contributed by atoms with E-state index in [9.17, 15) is 8.42 Å². The first kappa shape index (κ1) is 14.8. The van der Waals surface area contributed by atoms with Crippen LogP contribution in [-0.4, -0.2) is 41.3 Å². The Kier molecular flexibility index (Phi) is 7.03. The third-order valence-electron chi connectivity index (χ3n) is 1.66. The zero-order valence-corrected chi connectivity index (χ0v) is 10.3. The molecule has 0 aliphatic rings. The lowest BCUT2D eigenvalue weighted by Crippen LogP contribution is -2.48. The SMILES string of the molecule is COCC(CN)NS(=O)(=O)NCC(C)C. The maximum absolute atomic E-state index is 11.4. The van der Waals surface area contributed by atoms with E-state index in [0.29, 0.717) is 6.54 Å². The molecule has 0 saturated heterocycles. The zero-order chi connectivity index (χ0) is 11.9. The lowest BCUT2D eigenvalue weighted by molar-refractivity contribution is 0.176. The van der Waals surface area contributed by atoms with E-state index in [-0.39, 0.29) is 25.1 Å². The van der Waals surface area contributed by atoms with Crippen LogP contribution in [-0.2, 0) is 14.9 Å². The van der Waals surface area contributed by atoms with Gasteiger partial charge in [-0.25, -0.2) is 4.72 Å². The summed E-state index contributed by atoms with van der Waals surface area (Å²) in [6.07, 6.45) is 0. The first-order valence-corrected chi connectivity index (χ1v) is 6.35. The van der Waals surface area contributed by atoms with Gasteiger partial charge in [-0.05, 0) is 5.92 Å². The molecule has 0 radical (unpaired) electrons. The Balaban J connectivity index is 4.10. The van der Waals surface area contributed by atoms with Gasteiger partial charge in [0.25, 0.3) is 10.2 Å². The number of ether oxygens (including phenoxy) is 1. The molecule has 0 aromatic carbocycles. The van der Waals surface area contributed by atoms with Crippen molar-refractivity contribution in [3.63, 3.8) is 0 Å². The summed E-state index contributed by atoms with van der Waals surface area (Å²) in [5.41, 5.74) is 5.39. The molecule has 4 N–H and O–H groups in total. The summed E-state index contributed by atoms with van der Waals surface area (Å²) in [6, 6.07) is -0.389.